The van der Waals surface area contributed by atoms with Crippen molar-refractivity contribution in [2.45, 2.75) is 6.04 Å². The first-order chi connectivity index (χ1) is 14.2. The molecule has 1 unspecified atom stereocenters. The Morgan fingerprint density at radius 2 is 2.03 bits per heavy atom. The first-order valence-corrected chi connectivity index (χ1v) is 9.48. The maximum atomic E-state index is 13.2. The Labute approximate surface area is 168 Å². The molecule has 6 nitrogen and oxygen atoms in total. The second kappa shape index (κ2) is 8.79. The third kappa shape index (κ3) is 4.57. The van der Waals surface area contributed by atoms with Crippen LogP contribution in [0.4, 0.5) is 4.39 Å². The lowest BCUT2D eigenvalue weighted by atomic mass is 10.1. The fourth-order valence-electron chi connectivity index (χ4n) is 3.28. The summed E-state index contributed by atoms with van der Waals surface area (Å²) >= 11 is 0. The fourth-order valence-corrected chi connectivity index (χ4v) is 3.28. The van der Waals surface area contributed by atoms with Gasteiger partial charge in [-0.25, -0.2) is 9.37 Å². The highest BCUT2D eigenvalue weighted by molar-refractivity contribution is 5.93. The second-order valence-corrected chi connectivity index (χ2v) is 6.77. The number of carbonyl (C=O) groups excluding carboxylic acids is 1. The number of nitrogens with zero attached hydrogens (tertiary/aromatic N) is 3. The summed E-state index contributed by atoms with van der Waals surface area (Å²) in [6.45, 7) is 2.29. The van der Waals surface area contributed by atoms with Gasteiger partial charge in [-0.3, -0.25) is 9.78 Å². The molecule has 3 aromatic rings. The molecule has 1 aliphatic heterocycles. The molecule has 1 amide bonds. The van der Waals surface area contributed by atoms with Crippen LogP contribution in [0.1, 0.15) is 10.5 Å². The molecule has 3 heterocycles. The summed E-state index contributed by atoms with van der Waals surface area (Å²) in [4.78, 5) is 23.5. The van der Waals surface area contributed by atoms with Crippen LogP contribution in [0.3, 0.4) is 0 Å². The van der Waals surface area contributed by atoms with Gasteiger partial charge in [0.15, 0.2) is 0 Å². The summed E-state index contributed by atoms with van der Waals surface area (Å²) in [6.07, 6.45) is 3.33. The fraction of sp³-hybridized carbons (Fsp3) is 0.227. The average Bonchev–Trinajstić information content (AvgIpc) is 2.79. The first-order valence-electron chi connectivity index (χ1n) is 9.48. The SMILES string of the molecule is O=C(c1cccc(-c2ccc(F)cc2)n1)N1CCNCC1COc1cccnc1. The van der Waals surface area contributed by atoms with E-state index in [2.05, 4.69) is 15.3 Å². The molecule has 1 aliphatic rings. The number of rotatable bonds is 5. The number of pyridine rings is 2. The molecule has 1 aromatic carbocycles. The Hall–Kier alpha value is -3.32. The lowest BCUT2D eigenvalue weighted by Crippen LogP contribution is -2.56. The number of benzene rings is 1. The van der Waals surface area contributed by atoms with Crippen LogP contribution < -0.4 is 10.1 Å². The smallest absolute Gasteiger partial charge is 0.272 e. The molecule has 2 aromatic heterocycles. The second-order valence-electron chi connectivity index (χ2n) is 6.77. The van der Waals surface area contributed by atoms with Gasteiger partial charge in [-0.15, -0.1) is 0 Å². The number of ether oxygens (including phenoxy) is 1. The Balaban J connectivity index is 1.50. The lowest BCUT2D eigenvalue weighted by Gasteiger charge is -2.35. The van der Waals surface area contributed by atoms with E-state index in [1.54, 1.807) is 41.6 Å². The van der Waals surface area contributed by atoms with Gasteiger partial charge in [-0.2, -0.15) is 0 Å². The van der Waals surface area contributed by atoms with Crippen LogP contribution >= 0.6 is 0 Å². The van der Waals surface area contributed by atoms with Crippen LogP contribution in [-0.2, 0) is 0 Å². The highest BCUT2D eigenvalue weighted by atomic mass is 19.1. The zero-order valence-corrected chi connectivity index (χ0v) is 15.8. The van der Waals surface area contributed by atoms with E-state index in [1.165, 1.54) is 12.1 Å². The molecule has 7 heteroatoms. The molecule has 0 spiro atoms. The number of carbonyl (C=O) groups is 1. The molecule has 1 fully saturated rings. The monoisotopic (exact) mass is 392 g/mol. The van der Waals surface area contributed by atoms with Crippen LogP contribution in [0, 0.1) is 5.82 Å². The number of piperazine rings is 1. The van der Waals surface area contributed by atoms with Crippen LogP contribution in [0.2, 0.25) is 0 Å². The van der Waals surface area contributed by atoms with Crippen molar-refractivity contribution in [2.75, 3.05) is 26.2 Å². The minimum absolute atomic E-state index is 0.118. The van der Waals surface area contributed by atoms with Gasteiger partial charge in [0.05, 0.1) is 17.9 Å². The number of hydrogen-bond donors (Lipinski definition) is 1. The van der Waals surface area contributed by atoms with E-state index >= 15 is 0 Å². The highest BCUT2D eigenvalue weighted by Crippen LogP contribution is 2.19. The predicted octanol–water partition coefficient (Wildman–Crippen LogP) is 2.78. The number of aromatic nitrogens is 2. The van der Waals surface area contributed by atoms with Gasteiger partial charge in [0, 0.05) is 31.4 Å². The molecular formula is C22H21FN4O2. The normalized spacial score (nSPS) is 16.4. The number of nitrogens with one attached hydrogen (secondary N) is 1. The molecule has 1 N–H and O–H groups in total. The Morgan fingerprint density at radius 3 is 2.83 bits per heavy atom. The quantitative estimate of drug-likeness (QED) is 0.723. The van der Waals surface area contributed by atoms with E-state index in [4.69, 9.17) is 4.74 Å². The minimum Gasteiger partial charge on any atom is -0.490 e. The third-order valence-corrected chi connectivity index (χ3v) is 4.80. The van der Waals surface area contributed by atoms with Gasteiger partial charge in [0.2, 0.25) is 0 Å². The summed E-state index contributed by atoms with van der Waals surface area (Å²) in [7, 11) is 0. The van der Waals surface area contributed by atoms with Crippen molar-refractivity contribution in [3.8, 4) is 17.0 Å². The number of amides is 1. The summed E-state index contributed by atoms with van der Waals surface area (Å²) in [5, 5.41) is 3.30. The lowest BCUT2D eigenvalue weighted by molar-refractivity contribution is 0.0553. The van der Waals surface area contributed by atoms with Gasteiger partial charge >= 0.3 is 0 Å². The average molecular weight is 392 g/mol. The molecule has 4 rings (SSSR count). The van der Waals surface area contributed by atoms with E-state index in [9.17, 15) is 9.18 Å². The van der Waals surface area contributed by atoms with Gasteiger partial charge in [-0.05, 0) is 48.5 Å². The van der Waals surface area contributed by atoms with Crippen molar-refractivity contribution in [1.82, 2.24) is 20.2 Å². The predicted molar refractivity (Wildman–Crippen MR) is 107 cm³/mol. The molecular weight excluding hydrogens is 371 g/mol. The molecule has 0 radical (unpaired) electrons. The summed E-state index contributed by atoms with van der Waals surface area (Å²) in [5.41, 5.74) is 1.76. The van der Waals surface area contributed by atoms with Crippen molar-refractivity contribution < 1.29 is 13.9 Å². The molecule has 0 saturated carbocycles. The number of hydrogen-bond acceptors (Lipinski definition) is 5. The molecule has 1 atom stereocenters. The van der Waals surface area contributed by atoms with E-state index in [1.807, 2.05) is 18.2 Å². The molecule has 0 aliphatic carbocycles. The maximum absolute atomic E-state index is 13.2. The Bertz CT molecular complexity index is 966. The molecule has 29 heavy (non-hydrogen) atoms. The third-order valence-electron chi connectivity index (χ3n) is 4.80. The molecule has 148 valence electrons. The summed E-state index contributed by atoms with van der Waals surface area (Å²) in [5.74, 6) is 0.218. The highest BCUT2D eigenvalue weighted by Gasteiger charge is 2.28. The van der Waals surface area contributed by atoms with Gasteiger partial charge in [-0.1, -0.05) is 6.07 Å². The van der Waals surface area contributed by atoms with E-state index < -0.39 is 0 Å². The minimum atomic E-state index is -0.307. The van der Waals surface area contributed by atoms with Crippen molar-refractivity contribution >= 4 is 5.91 Å². The maximum Gasteiger partial charge on any atom is 0.272 e. The topological polar surface area (TPSA) is 67.4 Å². The standard InChI is InChI=1S/C22H21FN4O2/c23-17-8-6-16(7-9-17)20-4-1-5-21(26-20)22(28)27-12-11-25-13-18(27)15-29-19-3-2-10-24-14-19/h1-10,14,18,25H,11-13,15H2. The van der Waals surface area contributed by atoms with Crippen molar-refractivity contribution in [3.05, 3.63) is 78.5 Å². The molecule has 0 bridgehead atoms. The van der Waals surface area contributed by atoms with E-state index in [0.29, 0.717) is 43.4 Å². The van der Waals surface area contributed by atoms with Crippen molar-refractivity contribution in [3.63, 3.8) is 0 Å². The summed E-state index contributed by atoms with van der Waals surface area (Å²) < 4.78 is 19.0. The van der Waals surface area contributed by atoms with Gasteiger partial charge in [0.1, 0.15) is 23.9 Å². The van der Waals surface area contributed by atoms with Gasteiger partial charge in [0.25, 0.3) is 5.91 Å². The zero-order valence-electron chi connectivity index (χ0n) is 15.8. The first kappa shape index (κ1) is 19.0. The van der Waals surface area contributed by atoms with E-state index in [-0.39, 0.29) is 17.8 Å². The Kier molecular flexibility index (Phi) is 5.76. The Morgan fingerprint density at radius 1 is 1.17 bits per heavy atom. The van der Waals surface area contributed by atoms with Crippen LogP contribution in [0.25, 0.3) is 11.3 Å². The summed E-state index contributed by atoms with van der Waals surface area (Å²) in [6, 6.07) is 14.9. The van der Waals surface area contributed by atoms with Crippen LogP contribution in [0.5, 0.6) is 5.75 Å². The number of halogens is 1. The van der Waals surface area contributed by atoms with Crippen LogP contribution in [-0.4, -0.2) is 53.1 Å². The zero-order chi connectivity index (χ0) is 20.1. The van der Waals surface area contributed by atoms with Crippen molar-refractivity contribution in [1.29, 1.82) is 0 Å². The van der Waals surface area contributed by atoms with Crippen molar-refractivity contribution in [2.24, 2.45) is 0 Å². The van der Waals surface area contributed by atoms with Gasteiger partial charge < -0.3 is 15.0 Å². The van der Waals surface area contributed by atoms with E-state index in [0.717, 1.165) is 5.56 Å². The van der Waals surface area contributed by atoms with Crippen LogP contribution in [0.15, 0.2) is 67.0 Å². The largest absolute Gasteiger partial charge is 0.490 e. The molecule has 1 saturated heterocycles.